The molecule has 1 amide bonds. The number of oxime groups is 1. The number of halogens is 1. The van der Waals surface area contributed by atoms with Crippen molar-refractivity contribution in [2.75, 3.05) is 5.32 Å². The van der Waals surface area contributed by atoms with Crippen LogP contribution in [0.2, 0.25) is 5.02 Å². The van der Waals surface area contributed by atoms with Gasteiger partial charge in [0.2, 0.25) is 6.10 Å². The Morgan fingerprint density at radius 3 is 2.30 bits per heavy atom. The van der Waals surface area contributed by atoms with Gasteiger partial charge < -0.3 is 10.2 Å². The van der Waals surface area contributed by atoms with Crippen LogP contribution < -0.4 is 5.32 Å². The number of anilines is 1. The Morgan fingerprint density at radius 1 is 1.00 bits per heavy atom. The summed E-state index contributed by atoms with van der Waals surface area (Å²) in [7, 11) is 0. The number of nitrogens with zero attached hydrogens (tertiary/aromatic N) is 2. The van der Waals surface area contributed by atoms with Gasteiger partial charge in [-0.3, -0.25) is 14.9 Å². The molecule has 1 aliphatic rings. The van der Waals surface area contributed by atoms with E-state index >= 15 is 0 Å². The third-order valence-electron chi connectivity index (χ3n) is 4.76. The standard InChI is InChI=1S/C22H16ClN3O4/c23-16-8-6-15(7-9-16)20-19(14-4-2-1-3-5-14)21(30-25-20)22(27)24-17-10-12-18(13-11-17)26(28)29/h1-13,19,21H,(H,24,27)/t19-,21-/m0/s1. The van der Waals surface area contributed by atoms with Gasteiger partial charge >= 0.3 is 0 Å². The van der Waals surface area contributed by atoms with E-state index in [4.69, 9.17) is 16.4 Å². The molecule has 1 heterocycles. The lowest BCUT2D eigenvalue weighted by Crippen LogP contribution is -2.34. The molecular weight excluding hydrogens is 406 g/mol. The third-order valence-corrected chi connectivity index (χ3v) is 5.02. The fraction of sp³-hybridized carbons (Fsp3) is 0.0909. The highest BCUT2D eigenvalue weighted by Crippen LogP contribution is 2.33. The van der Waals surface area contributed by atoms with Crippen LogP contribution in [-0.4, -0.2) is 22.6 Å². The van der Waals surface area contributed by atoms with Crippen molar-refractivity contribution < 1.29 is 14.6 Å². The van der Waals surface area contributed by atoms with Gasteiger partial charge in [-0.05, 0) is 29.8 Å². The molecule has 0 spiro atoms. The lowest BCUT2D eigenvalue weighted by atomic mass is 9.86. The molecule has 0 saturated carbocycles. The fourth-order valence-corrected chi connectivity index (χ4v) is 3.43. The van der Waals surface area contributed by atoms with Gasteiger partial charge in [0.1, 0.15) is 0 Å². The summed E-state index contributed by atoms with van der Waals surface area (Å²) in [5, 5.41) is 18.4. The van der Waals surface area contributed by atoms with Gasteiger partial charge in [0, 0.05) is 28.4 Å². The van der Waals surface area contributed by atoms with Gasteiger partial charge in [0.15, 0.2) is 0 Å². The Hall–Kier alpha value is -3.71. The minimum atomic E-state index is -0.895. The first-order valence-corrected chi connectivity index (χ1v) is 9.50. The summed E-state index contributed by atoms with van der Waals surface area (Å²) in [6, 6.07) is 22.3. The molecule has 0 bridgehead atoms. The number of carbonyl (C=O) groups is 1. The highest BCUT2D eigenvalue weighted by atomic mass is 35.5. The lowest BCUT2D eigenvalue weighted by molar-refractivity contribution is -0.384. The molecule has 0 aromatic heterocycles. The Bertz CT molecular complexity index is 1100. The highest BCUT2D eigenvalue weighted by Gasteiger charge is 2.41. The third kappa shape index (κ3) is 4.01. The smallest absolute Gasteiger partial charge is 0.269 e. The average molecular weight is 422 g/mol. The molecule has 3 aromatic carbocycles. The van der Waals surface area contributed by atoms with Crippen molar-refractivity contribution >= 4 is 34.6 Å². The number of hydrogen-bond donors (Lipinski definition) is 1. The Balaban J connectivity index is 1.61. The van der Waals surface area contributed by atoms with E-state index in [1.54, 1.807) is 12.1 Å². The fourth-order valence-electron chi connectivity index (χ4n) is 3.30. The second kappa shape index (κ2) is 8.34. The molecule has 150 valence electrons. The molecule has 8 heteroatoms. The minimum Gasteiger partial charge on any atom is -0.381 e. The van der Waals surface area contributed by atoms with E-state index in [1.807, 2.05) is 42.5 Å². The molecule has 0 aliphatic carbocycles. The summed E-state index contributed by atoms with van der Waals surface area (Å²) in [4.78, 5) is 28.8. The maximum Gasteiger partial charge on any atom is 0.269 e. The summed E-state index contributed by atoms with van der Waals surface area (Å²) in [5.74, 6) is -0.823. The molecule has 0 radical (unpaired) electrons. The van der Waals surface area contributed by atoms with Crippen LogP contribution in [0.4, 0.5) is 11.4 Å². The summed E-state index contributed by atoms with van der Waals surface area (Å²) in [6.07, 6.45) is -0.895. The largest absolute Gasteiger partial charge is 0.381 e. The van der Waals surface area contributed by atoms with Crippen LogP contribution in [0.25, 0.3) is 0 Å². The van der Waals surface area contributed by atoms with E-state index in [-0.39, 0.29) is 5.69 Å². The van der Waals surface area contributed by atoms with E-state index in [9.17, 15) is 14.9 Å². The number of rotatable bonds is 5. The molecule has 3 aromatic rings. The van der Waals surface area contributed by atoms with Crippen LogP contribution >= 0.6 is 11.6 Å². The summed E-state index contributed by atoms with van der Waals surface area (Å²) in [6.45, 7) is 0. The minimum absolute atomic E-state index is 0.0550. The molecule has 1 N–H and O–H groups in total. The van der Waals surface area contributed by atoms with Crippen molar-refractivity contribution in [3.63, 3.8) is 0 Å². The van der Waals surface area contributed by atoms with E-state index in [2.05, 4.69) is 10.5 Å². The van der Waals surface area contributed by atoms with Gasteiger partial charge in [-0.1, -0.05) is 59.2 Å². The molecule has 30 heavy (non-hydrogen) atoms. The molecule has 7 nitrogen and oxygen atoms in total. The Kier molecular flexibility index (Phi) is 5.45. The maximum atomic E-state index is 13.0. The van der Waals surface area contributed by atoms with Crippen LogP contribution in [0.1, 0.15) is 17.0 Å². The van der Waals surface area contributed by atoms with Crippen molar-refractivity contribution in [3.05, 3.63) is 105 Å². The molecule has 0 saturated heterocycles. The number of hydrogen-bond acceptors (Lipinski definition) is 5. The molecule has 4 rings (SSSR count). The van der Waals surface area contributed by atoms with Crippen molar-refractivity contribution in [1.82, 2.24) is 0 Å². The van der Waals surface area contributed by atoms with Crippen LogP contribution in [0.5, 0.6) is 0 Å². The quantitative estimate of drug-likeness (QED) is 0.474. The maximum absolute atomic E-state index is 13.0. The second-order valence-electron chi connectivity index (χ2n) is 6.69. The summed E-state index contributed by atoms with van der Waals surface area (Å²) >= 11 is 5.99. The van der Waals surface area contributed by atoms with Crippen LogP contribution in [0.15, 0.2) is 84.0 Å². The van der Waals surface area contributed by atoms with E-state index in [0.717, 1.165) is 11.1 Å². The first-order valence-electron chi connectivity index (χ1n) is 9.13. The summed E-state index contributed by atoms with van der Waals surface area (Å²) < 4.78 is 0. The van der Waals surface area contributed by atoms with Crippen molar-refractivity contribution in [1.29, 1.82) is 0 Å². The first kappa shape index (κ1) is 19.6. The highest BCUT2D eigenvalue weighted by molar-refractivity contribution is 6.30. The van der Waals surface area contributed by atoms with Gasteiger partial charge in [-0.15, -0.1) is 0 Å². The number of carbonyl (C=O) groups excluding carboxylic acids is 1. The number of nitro groups is 1. The van der Waals surface area contributed by atoms with E-state index in [0.29, 0.717) is 16.4 Å². The van der Waals surface area contributed by atoms with Gasteiger partial charge in [0.25, 0.3) is 11.6 Å². The first-order chi connectivity index (χ1) is 14.5. The van der Waals surface area contributed by atoms with Crippen LogP contribution in [0.3, 0.4) is 0 Å². The number of benzene rings is 3. The van der Waals surface area contributed by atoms with Gasteiger partial charge in [0.05, 0.1) is 16.6 Å². The van der Waals surface area contributed by atoms with Gasteiger partial charge in [-0.2, -0.15) is 0 Å². The van der Waals surface area contributed by atoms with Gasteiger partial charge in [-0.25, -0.2) is 0 Å². The second-order valence-corrected chi connectivity index (χ2v) is 7.13. The average Bonchev–Trinajstić information content (AvgIpc) is 3.20. The predicted octanol–water partition coefficient (Wildman–Crippen LogP) is 4.77. The Morgan fingerprint density at radius 2 is 1.67 bits per heavy atom. The zero-order valence-corrected chi connectivity index (χ0v) is 16.3. The molecule has 0 unspecified atom stereocenters. The van der Waals surface area contributed by atoms with E-state index < -0.39 is 22.9 Å². The topological polar surface area (TPSA) is 93.8 Å². The van der Waals surface area contributed by atoms with E-state index in [1.165, 1.54) is 24.3 Å². The summed E-state index contributed by atoms with van der Waals surface area (Å²) in [5.41, 5.74) is 2.69. The SMILES string of the molecule is O=C(Nc1ccc([N+](=O)[O-])cc1)[C@H]1ON=C(c2ccc(Cl)cc2)[C@@H]1c1ccccc1. The molecule has 0 fully saturated rings. The van der Waals surface area contributed by atoms with Crippen molar-refractivity contribution in [2.24, 2.45) is 5.16 Å². The number of amides is 1. The number of non-ortho nitro benzene ring substituents is 1. The van der Waals surface area contributed by atoms with Crippen LogP contribution in [-0.2, 0) is 9.63 Å². The number of nitrogens with one attached hydrogen (secondary N) is 1. The predicted molar refractivity (Wildman–Crippen MR) is 114 cm³/mol. The monoisotopic (exact) mass is 421 g/mol. The lowest BCUT2D eigenvalue weighted by Gasteiger charge is -2.19. The normalized spacial score (nSPS) is 17.7. The number of nitro benzene ring substituents is 1. The van der Waals surface area contributed by atoms with Crippen molar-refractivity contribution in [3.8, 4) is 0 Å². The van der Waals surface area contributed by atoms with Crippen LogP contribution in [0, 0.1) is 10.1 Å². The Labute approximate surface area is 177 Å². The molecule has 1 aliphatic heterocycles. The zero-order valence-electron chi connectivity index (χ0n) is 15.6. The van der Waals surface area contributed by atoms with Crippen molar-refractivity contribution in [2.45, 2.75) is 12.0 Å². The zero-order chi connectivity index (χ0) is 21.1. The molecular formula is C22H16ClN3O4. The molecule has 2 atom stereocenters.